The number of halogens is 3. The first-order valence-corrected chi connectivity index (χ1v) is 10.3. The van der Waals surface area contributed by atoms with Gasteiger partial charge in [-0.15, -0.1) is 0 Å². The fourth-order valence-electron chi connectivity index (χ4n) is 2.31. The number of hydrogen-bond acceptors (Lipinski definition) is 6. The number of amides is 3. The summed E-state index contributed by atoms with van der Waals surface area (Å²) in [7, 11) is 0. The first kappa shape index (κ1) is 22.3. The van der Waals surface area contributed by atoms with Crippen LogP contribution in [0.1, 0.15) is 5.56 Å². The molecule has 0 aromatic heterocycles. The monoisotopic (exact) mass is 502 g/mol. The number of carbonyl (C=O) groups excluding carboxylic acids is 2. The van der Waals surface area contributed by atoms with Crippen molar-refractivity contribution in [3.63, 3.8) is 0 Å². The van der Waals surface area contributed by atoms with Crippen LogP contribution in [-0.4, -0.2) is 26.2 Å². The standard InChI is InChI=1S/C17H9Cl3N4O4S2/c18-10-4-2-9(7-12(10)20)21-16(26)22-23-15(25)14(30-17(23)29)6-8-1-3-11(19)13(5-8)24(27)28/h1-7H,(H2,21,22,26)/b14-6-. The molecule has 0 unspecified atom stereocenters. The molecular formula is C17H9Cl3N4O4S2. The van der Waals surface area contributed by atoms with Gasteiger partial charge in [0.25, 0.3) is 11.6 Å². The van der Waals surface area contributed by atoms with Crippen LogP contribution in [0.3, 0.4) is 0 Å². The molecule has 30 heavy (non-hydrogen) atoms. The van der Waals surface area contributed by atoms with Gasteiger partial charge in [-0.1, -0.05) is 52.6 Å². The molecule has 3 rings (SSSR count). The fourth-order valence-corrected chi connectivity index (χ4v) is 3.97. The van der Waals surface area contributed by atoms with Gasteiger partial charge in [0, 0.05) is 11.8 Å². The molecule has 1 aliphatic rings. The second kappa shape index (κ2) is 9.19. The van der Waals surface area contributed by atoms with Crippen molar-refractivity contribution in [2.45, 2.75) is 0 Å². The number of hydrazine groups is 1. The van der Waals surface area contributed by atoms with E-state index in [1.165, 1.54) is 42.5 Å². The Morgan fingerprint density at radius 1 is 1.13 bits per heavy atom. The molecule has 2 N–H and O–H groups in total. The van der Waals surface area contributed by atoms with Crippen LogP contribution >= 0.6 is 58.8 Å². The van der Waals surface area contributed by atoms with E-state index in [0.717, 1.165) is 16.8 Å². The molecule has 0 radical (unpaired) electrons. The van der Waals surface area contributed by atoms with Gasteiger partial charge in [0.2, 0.25) is 0 Å². The van der Waals surface area contributed by atoms with E-state index in [-0.39, 0.29) is 25.0 Å². The lowest BCUT2D eigenvalue weighted by molar-refractivity contribution is -0.384. The van der Waals surface area contributed by atoms with E-state index in [2.05, 4.69) is 10.7 Å². The number of thiocarbonyl (C=S) groups is 1. The zero-order chi connectivity index (χ0) is 22.0. The molecule has 0 atom stereocenters. The minimum absolute atomic E-state index is 0.0228. The van der Waals surface area contributed by atoms with Gasteiger partial charge in [-0.3, -0.25) is 14.9 Å². The Bertz CT molecular complexity index is 1130. The average molecular weight is 504 g/mol. The third-order valence-electron chi connectivity index (χ3n) is 3.65. The molecule has 0 saturated carbocycles. The number of urea groups is 1. The Morgan fingerprint density at radius 3 is 2.50 bits per heavy atom. The zero-order valence-corrected chi connectivity index (χ0v) is 18.4. The maximum absolute atomic E-state index is 12.6. The van der Waals surface area contributed by atoms with Crippen LogP contribution in [0, 0.1) is 10.1 Å². The van der Waals surface area contributed by atoms with Crippen LogP contribution in [-0.2, 0) is 4.79 Å². The van der Waals surface area contributed by atoms with Crippen LogP contribution in [0.15, 0.2) is 41.3 Å². The summed E-state index contributed by atoms with van der Waals surface area (Å²) in [6, 6.07) is 7.87. The summed E-state index contributed by atoms with van der Waals surface area (Å²) in [6.45, 7) is 0. The quantitative estimate of drug-likeness (QED) is 0.247. The number of benzene rings is 2. The van der Waals surface area contributed by atoms with Gasteiger partial charge in [0.1, 0.15) is 5.02 Å². The molecule has 0 aliphatic carbocycles. The van der Waals surface area contributed by atoms with Crippen molar-refractivity contribution in [3.8, 4) is 0 Å². The molecular weight excluding hydrogens is 495 g/mol. The van der Waals surface area contributed by atoms with Gasteiger partial charge in [0.15, 0.2) is 4.32 Å². The maximum atomic E-state index is 12.6. The highest BCUT2D eigenvalue weighted by molar-refractivity contribution is 8.26. The van der Waals surface area contributed by atoms with Gasteiger partial charge in [0.05, 0.1) is 19.9 Å². The first-order chi connectivity index (χ1) is 14.2. The lowest BCUT2D eigenvalue weighted by atomic mass is 10.2. The van der Waals surface area contributed by atoms with E-state index >= 15 is 0 Å². The lowest BCUT2D eigenvalue weighted by Crippen LogP contribution is -2.46. The molecule has 8 nitrogen and oxygen atoms in total. The SMILES string of the molecule is O=C(Nc1ccc(Cl)c(Cl)c1)NN1C(=O)/C(=C/c2ccc(Cl)c([N+](=O)[O-])c2)SC1=S. The highest BCUT2D eigenvalue weighted by atomic mass is 35.5. The van der Waals surface area contributed by atoms with Gasteiger partial charge >= 0.3 is 6.03 Å². The Balaban J connectivity index is 1.73. The maximum Gasteiger partial charge on any atom is 0.338 e. The number of thioether (sulfide) groups is 1. The van der Waals surface area contributed by atoms with Crippen LogP contribution in [0.4, 0.5) is 16.2 Å². The van der Waals surface area contributed by atoms with E-state index in [1.54, 1.807) is 0 Å². The largest absolute Gasteiger partial charge is 0.338 e. The molecule has 3 amide bonds. The second-order valence-electron chi connectivity index (χ2n) is 5.68. The number of nitro groups is 1. The summed E-state index contributed by atoms with van der Waals surface area (Å²) in [5.74, 6) is -0.591. The number of nitrogens with zero attached hydrogens (tertiary/aromatic N) is 2. The molecule has 1 heterocycles. The van der Waals surface area contributed by atoms with Crippen molar-refractivity contribution in [3.05, 3.63) is 72.0 Å². The molecule has 1 saturated heterocycles. The number of nitro benzene ring substituents is 1. The van der Waals surface area contributed by atoms with Crippen molar-refractivity contribution in [2.24, 2.45) is 0 Å². The second-order valence-corrected chi connectivity index (χ2v) is 8.58. The molecule has 0 bridgehead atoms. The Morgan fingerprint density at radius 2 is 1.83 bits per heavy atom. The number of anilines is 1. The number of hydrogen-bond donors (Lipinski definition) is 2. The summed E-state index contributed by atoms with van der Waals surface area (Å²) < 4.78 is 0.0824. The molecule has 2 aromatic rings. The van der Waals surface area contributed by atoms with Crippen molar-refractivity contribution in [2.75, 3.05) is 5.32 Å². The molecule has 1 fully saturated rings. The van der Waals surface area contributed by atoms with Gasteiger partial charge < -0.3 is 5.32 Å². The summed E-state index contributed by atoms with van der Waals surface area (Å²) >= 11 is 23.6. The smallest absolute Gasteiger partial charge is 0.307 e. The van der Waals surface area contributed by atoms with Gasteiger partial charge in [-0.05, 0) is 48.1 Å². The summed E-state index contributed by atoms with van der Waals surface area (Å²) in [5, 5.41) is 15.0. The minimum atomic E-state index is -0.729. The highest BCUT2D eigenvalue weighted by Crippen LogP contribution is 2.33. The third kappa shape index (κ3) is 5.02. The van der Waals surface area contributed by atoms with E-state index < -0.39 is 16.9 Å². The number of rotatable bonds is 4. The normalized spacial score (nSPS) is 14.9. The summed E-state index contributed by atoms with van der Waals surface area (Å²) in [6.07, 6.45) is 1.42. The van der Waals surface area contributed by atoms with Gasteiger partial charge in [-0.25, -0.2) is 10.2 Å². The zero-order valence-electron chi connectivity index (χ0n) is 14.5. The van der Waals surface area contributed by atoms with Crippen molar-refractivity contribution in [1.82, 2.24) is 10.4 Å². The Kier molecular flexibility index (Phi) is 6.84. The van der Waals surface area contributed by atoms with Crippen LogP contribution in [0.5, 0.6) is 0 Å². The molecule has 1 aliphatic heterocycles. The first-order valence-electron chi connectivity index (χ1n) is 7.90. The van der Waals surface area contributed by atoms with E-state index in [0.29, 0.717) is 16.3 Å². The number of carbonyl (C=O) groups is 2. The average Bonchev–Trinajstić information content (AvgIpc) is 2.93. The van der Waals surface area contributed by atoms with E-state index in [9.17, 15) is 19.7 Å². The number of nitrogens with one attached hydrogen (secondary N) is 2. The Labute approximate surface area is 194 Å². The molecule has 154 valence electrons. The van der Waals surface area contributed by atoms with E-state index in [1.807, 2.05) is 0 Å². The van der Waals surface area contributed by atoms with Gasteiger partial charge in [-0.2, -0.15) is 5.01 Å². The molecule has 2 aromatic carbocycles. The van der Waals surface area contributed by atoms with Crippen LogP contribution in [0.2, 0.25) is 15.1 Å². The van der Waals surface area contributed by atoms with Crippen molar-refractivity contribution in [1.29, 1.82) is 0 Å². The van der Waals surface area contributed by atoms with Crippen molar-refractivity contribution >= 4 is 92.5 Å². The minimum Gasteiger partial charge on any atom is -0.307 e. The summed E-state index contributed by atoms with van der Waals surface area (Å²) in [4.78, 5) is 35.4. The van der Waals surface area contributed by atoms with Crippen LogP contribution in [0.25, 0.3) is 6.08 Å². The third-order valence-corrected chi connectivity index (χ3v) is 6.01. The summed E-state index contributed by atoms with van der Waals surface area (Å²) in [5.41, 5.74) is 2.79. The fraction of sp³-hybridized carbons (Fsp3) is 0. The van der Waals surface area contributed by atoms with Crippen LogP contribution < -0.4 is 10.7 Å². The Hall–Kier alpha value is -2.37. The lowest BCUT2D eigenvalue weighted by Gasteiger charge is -2.16. The topological polar surface area (TPSA) is 105 Å². The predicted molar refractivity (Wildman–Crippen MR) is 122 cm³/mol. The predicted octanol–water partition coefficient (Wildman–Crippen LogP) is 5.49. The highest BCUT2D eigenvalue weighted by Gasteiger charge is 2.33. The van der Waals surface area contributed by atoms with E-state index in [4.69, 9.17) is 47.0 Å². The molecule has 0 spiro atoms. The molecule has 13 heteroatoms. The van der Waals surface area contributed by atoms with Crippen molar-refractivity contribution < 1.29 is 14.5 Å².